The highest BCUT2D eigenvalue weighted by molar-refractivity contribution is 6.31. The van der Waals surface area contributed by atoms with Crippen molar-refractivity contribution in [3.8, 4) is 0 Å². The third-order valence-electron chi connectivity index (χ3n) is 2.13. The van der Waals surface area contributed by atoms with Crippen LogP contribution in [0.25, 0.3) is 0 Å². The number of halogens is 1. The van der Waals surface area contributed by atoms with Crippen LogP contribution in [0.2, 0.25) is 5.02 Å². The third-order valence-corrected chi connectivity index (χ3v) is 2.47. The Morgan fingerprint density at radius 3 is 2.67 bits per heavy atom. The van der Waals surface area contributed by atoms with Crippen LogP contribution in [0.3, 0.4) is 0 Å². The van der Waals surface area contributed by atoms with Gasteiger partial charge in [-0.25, -0.2) is 4.79 Å². The van der Waals surface area contributed by atoms with Gasteiger partial charge >= 0.3 is 5.97 Å². The summed E-state index contributed by atoms with van der Waals surface area (Å²) < 4.78 is 4.92. The van der Waals surface area contributed by atoms with E-state index in [1.807, 2.05) is 13.8 Å². The molecule has 0 radical (unpaired) electrons. The maximum atomic E-state index is 11.5. The molecule has 0 heterocycles. The van der Waals surface area contributed by atoms with Gasteiger partial charge in [-0.1, -0.05) is 25.4 Å². The Balaban J connectivity index is 3.02. The van der Waals surface area contributed by atoms with E-state index in [9.17, 15) is 4.79 Å². The largest absolute Gasteiger partial charge is 0.462 e. The van der Waals surface area contributed by atoms with Gasteiger partial charge < -0.3 is 4.74 Å². The number of hydrogen-bond donors (Lipinski definition) is 0. The summed E-state index contributed by atoms with van der Waals surface area (Å²) in [5.74, 6) is 0.00273. The molecule has 0 saturated carbocycles. The highest BCUT2D eigenvalue weighted by atomic mass is 35.5. The average molecular weight is 227 g/mol. The van der Waals surface area contributed by atoms with Gasteiger partial charge in [-0.15, -0.1) is 0 Å². The predicted octanol–water partition coefficient (Wildman–Crippen LogP) is 3.64. The molecule has 15 heavy (non-hydrogen) atoms. The Bertz CT molecular complexity index is 359. The molecule has 1 aromatic rings. The summed E-state index contributed by atoms with van der Waals surface area (Å²) in [7, 11) is 0. The normalized spacial score (nSPS) is 10.5. The summed E-state index contributed by atoms with van der Waals surface area (Å²) in [6.45, 7) is 6.25. The molecule has 1 rings (SSSR count). The van der Waals surface area contributed by atoms with E-state index in [1.165, 1.54) is 0 Å². The van der Waals surface area contributed by atoms with Crippen LogP contribution in [0.4, 0.5) is 0 Å². The lowest BCUT2D eigenvalue weighted by Gasteiger charge is -2.09. The first-order valence-corrected chi connectivity index (χ1v) is 5.40. The van der Waals surface area contributed by atoms with Crippen molar-refractivity contribution in [2.75, 3.05) is 6.61 Å². The number of benzene rings is 1. The molecule has 82 valence electrons. The zero-order chi connectivity index (χ0) is 11.4. The summed E-state index contributed by atoms with van der Waals surface area (Å²) in [6, 6.07) is 5.22. The zero-order valence-electron chi connectivity index (χ0n) is 9.21. The topological polar surface area (TPSA) is 26.3 Å². The molecule has 0 atom stereocenters. The van der Waals surface area contributed by atoms with Crippen molar-refractivity contribution in [2.24, 2.45) is 0 Å². The summed E-state index contributed by atoms with van der Waals surface area (Å²) in [5.41, 5.74) is 1.53. The van der Waals surface area contributed by atoms with Gasteiger partial charge in [-0.05, 0) is 36.6 Å². The first kappa shape index (κ1) is 12.1. The second-order valence-corrected chi connectivity index (χ2v) is 4.02. The number of hydrogen-bond acceptors (Lipinski definition) is 2. The molecule has 0 aliphatic rings. The van der Waals surface area contributed by atoms with Gasteiger partial charge in [0.2, 0.25) is 0 Å². The van der Waals surface area contributed by atoms with Crippen molar-refractivity contribution in [1.82, 2.24) is 0 Å². The molecule has 0 bridgehead atoms. The first-order chi connectivity index (χ1) is 7.06. The van der Waals surface area contributed by atoms with Crippen molar-refractivity contribution in [2.45, 2.75) is 26.7 Å². The molecular weight excluding hydrogens is 212 g/mol. The summed E-state index contributed by atoms with van der Waals surface area (Å²) in [4.78, 5) is 11.5. The van der Waals surface area contributed by atoms with Crippen molar-refractivity contribution in [1.29, 1.82) is 0 Å². The molecular formula is C12H15ClO2. The Labute approximate surface area is 95.2 Å². The van der Waals surface area contributed by atoms with Crippen LogP contribution in [0, 0.1) is 0 Å². The van der Waals surface area contributed by atoms with E-state index in [0.717, 1.165) is 5.56 Å². The molecule has 3 heteroatoms. The third kappa shape index (κ3) is 2.96. The minimum atomic E-state index is -0.295. The molecule has 1 aromatic carbocycles. The predicted molar refractivity (Wildman–Crippen MR) is 61.5 cm³/mol. The van der Waals surface area contributed by atoms with E-state index in [2.05, 4.69) is 0 Å². The van der Waals surface area contributed by atoms with E-state index in [0.29, 0.717) is 23.1 Å². The van der Waals surface area contributed by atoms with E-state index < -0.39 is 0 Å². The number of ether oxygens (including phenoxy) is 1. The first-order valence-electron chi connectivity index (χ1n) is 5.02. The van der Waals surface area contributed by atoms with Crippen LogP contribution in [0.1, 0.15) is 42.6 Å². The van der Waals surface area contributed by atoms with Crippen LogP contribution in [0.5, 0.6) is 0 Å². The maximum absolute atomic E-state index is 11.5. The summed E-state index contributed by atoms with van der Waals surface area (Å²) in [6.07, 6.45) is 0. The monoisotopic (exact) mass is 226 g/mol. The lowest BCUT2D eigenvalue weighted by atomic mass is 10.0. The fraction of sp³-hybridized carbons (Fsp3) is 0.417. The van der Waals surface area contributed by atoms with Gasteiger partial charge in [0.05, 0.1) is 12.2 Å². The molecule has 0 fully saturated rings. The molecule has 0 unspecified atom stereocenters. The zero-order valence-corrected chi connectivity index (χ0v) is 9.97. The van der Waals surface area contributed by atoms with E-state index >= 15 is 0 Å². The molecule has 0 saturated heterocycles. The van der Waals surface area contributed by atoms with Gasteiger partial charge in [0.25, 0.3) is 0 Å². The summed E-state index contributed by atoms with van der Waals surface area (Å²) >= 11 is 6.02. The van der Waals surface area contributed by atoms with Gasteiger partial charge in [0.1, 0.15) is 0 Å². The molecule has 0 amide bonds. The highest BCUT2D eigenvalue weighted by Gasteiger charge is 2.11. The Morgan fingerprint density at radius 2 is 2.13 bits per heavy atom. The fourth-order valence-corrected chi connectivity index (χ4v) is 1.66. The fourth-order valence-electron chi connectivity index (χ4n) is 1.33. The second-order valence-electron chi connectivity index (χ2n) is 3.61. The average Bonchev–Trinajstić information content (AvgIpc) is 2.18. The second kappa shape index (κ2) is 5.17. The van der Waals surface area contributed by atoms with Gasteiger partial charge in [0.15, 0.2) is 0 Å². The molecule has 0 aliphatic heterocycles. The molecule has 0 aliphatic carbocycles. The smallest absolute Gasteiger partial charge is 0.338 e. The quantitative estimate of drug-likeness (QED) is 0.736. The van der Waals surface area contributed by atoms with Crippen LogP contribution in [-0.4, -0.2) is 12.6 Å². The molecule has 0 aromatic heterocycles. The van der Waals surface area contributed by atoms with Crippen molar-refractivity contribution < 1.29 is 9.53 Å². The molecule has 2 nitrogen and oxygen atoms in total. The van der Waals surface area contributed by atoms with Gasteiger partial charge in [-0.2, -0.15) is 0 Å². The van der Waals surface area contributed by atoms with Crippen molar-refractivity contribution >= 4 is 17.6 Å². The van der Waals surface area contributed by atoms with Gasteiger partial charge in [-0.3, -0.25) is 0 Å². The Kier molecular flexibility index (Phi) is 4.15. The van der Waals surface area contributed by atoms with Crippen molar-refractivity contribution in [3.05, 3.63) is 34.3 Å². The molecule has 0 spiro atoms. The number of rotatable bonds is 3. The Morgan fingerprint density at radius 1 is 1.47 bits per heavy atom. The maximum Gasteiger partial charge on any atom is 0.338 e. The van der Waals surface area contributed by atoms with Crippen LogP contribution >= 0.6 is 11.6 Å². The van der Waals surface area contributed by atoms with Crippen LogP contribution in [-0.2, 0) is 4.74 Å². The number of carbonyl (C=O) groups is 1. The van der Waals surface area contributed by atoms with E-state index in [-0.39, 0.29) is 5.97 Å². The van der Waals surface area contributed by atoms with Crippen LogP contribution < -0.4 is 0 Å². The van der Waals surface area contributed by atoms with E-state index in [4.69, 9.17) is 16.3 Å². The SMILES string of the molecule is CCOC(=O)c1ccc(Cl)c(C(C)C)c1. The Hall–Kier alpha value is -1.02. The summed E-state index contributed by atoms with van der Waals surface area (Å²) in [5, 5.41) is 0.693. The lowest BCUT2D eigenvalue weighted by Crippen LogP contribution is -2.05. The number of esters is 1. The minimum absolute atomic E-state index is 0.295. The highest BCUT2D eigenvalue weighted by Crippen LogP contribution is 2.25. The van der Waals surface area contributed by atoms with Crippen molar-refractivity contribution in [3.63, 3.8) is 0 Å². The number of carbonyl (C=O) groups excluding carboxylic acids is 1. The molecule has 0 N–H and O–H groups in total. The van der Waals surface area contributed by atoms with Crippen LogP contribution in [0.15, 0.2) is 18.2 Å². The standard InChI is InChI=1S/C12H15ClO2/c1-4-15-12(14)9-5-6-11(13)10(7-9)8(2)3/h5-8H,4H2,1-3H3. The van der Waals surface area contributed by atoms with E-state index in [1.54, 1.807) is 25.1 Å². The minimum Gasteiger partial charge on any atom is -0.462 e. The lowest BCUT2D eigenvalue weighted by molar-refractivity contribution is 0.0526. The van der Waals surface area contributed by atoms with Gasteiger partial charge in [0, 0.05) is 5.02 Å².